The zero-order valence-corrected chi connectivity index (χ0v) is 12.5. The topological polar surface area (TPSA) is 61.8 Å². The van der Waals surface area contributed by atoms with Crippen LogP contribution in [0.5, 0.6) is 5.75 Å². The summed E-state index contributed by atoms with van der Waals surface area (Å²) in [7, 11) is 2.52. The summed E-state index contributed by atoms with van der Waals surface area (Å²) in [5.74, 6) is -1.19. The number of ether oxygens (including phenoxy) is 3. The van der Waals surface area contributed by atoms with Gasteiger partial charge in [0.25, 0.3) is 0 Å². The lowest BCUT2D eigenvalue weighted by Crippen LogP contribution is -2.22. The van der Waals surface area contributed by atoms with Crippen molar-refractivity contribution in [1.29, 1.82) is 0 Å². The second-order valence-electron chi connectivity index (χ2n) is 4.55. The molecular weight excluding hydrogens is 311 g/mol. The molecule has 5 nitrogen and oxygen atoms in total. The molecule has 1 aromatic carbocycles. The van der Waals surface area contributed by atoms with Crippen LogP contribution < -0.4 is 4.74 Å². The van der Waals surface area contributed by atoms with Gasteiger partial charge in [-0.25, -0.2) is 14.0 Å². The van der Waals surface area contributed by atoms with Crippen LogP contribution in [-0.2, 0) is 14.3 Å². The van der Waals surface area contributed by atoms with Gasteiger partial charge in [-0.3, -0.25) is 0 Å². The second kappa shape index (κ2) is 5.42. The highest BCUT2D eigenvalue weighted by molar-refractivity contribution is 7.17. The van der Waals surface area contributed by atoms with Gasteiger partial charge >= 0.3 is 11.9 Å². The minimum atomic E-state index is -0.993. The van der Waals surface area contributed by atoms with Crippen molar-refractivity contribution in [2.24, 2.45) is 0 Å². The van der Waals surface area contributed by atoms with E-state index in [1.807, 2.05) is 0 Å². The predicted octanol–water partition coefficient (Wildman–Crippen LogP) is 2.95. The number of benzene rings is 1. The lowest BCUT2D eigenvalue weighted by Gasteiger charge is -2.24. The number of methoxy groups -OCH3 is 2. The molecule has 0 saturated heterocycles. The maximum atomic E-state index is 13.5. The van der Waals surface area contributed by atoms with E-state index in [-0.39, 0.29) is 0 Å². The van der Waals surface area contributed by atoms with Crippen LogP contribution in [0.15, 0.2) is 24.3 Å². The Labute approximate surface area is 129 Å². The molecule has 7 heteroatoms. The lowest BCUT2D eigenvalue weighted by molar-refractivity contribution is -0.149. The van der Waals surface area contributed by atoms with Crippen molar-refractivity contribution in [3.63, 3.8) is 0 Å². The third kappa shape index (κ3) is 2.23. The van der Waals surface area contributed by atoms with E-state index in [9.17, 15) is 14.0 Å². The van der Waals surface area contributed by atoms with Crippen LogP contribution in [0.4, 0.5) is 4.39 Å². The van der Waals surface area contributed by atoms with Crippen molar-refractivity contribution in [3.05, 3.63) is 40.5 Å². The predicted molar refractivity (Wildman–Crippen MR) is 76.4 cm³/mol. The smallest absolute Gasteiger partial charge is 0.351 e. The first-order valence-corrected chi connectivity index (χ1v) is 7.13. The van der Waals surface area contributed by atoms with E-state index in [1.54, 1.807) is 0 Å². The number of carbonyl (C=O) groups excluding carboxylic acids is 2. The number of esters is 2. The molecule has 3 rings (SSSR count). The summed E-state index contributed by atoms with van der Waals surface area (Å²) < 4.78 is 28.5. The van der Waals surface area contributed by atoms with Gasteiger partial charge in [-0.2, -0.15) is 0 Å². The van der Waals surface area contributed by atoms with Crippen LogP contribution in [0.25, 0.3) is 10.4 Å². The summed E-state index contributed by atoms with van der Waals surface area (Å²) >= 11 is 1.12. The van der Waals surface area contributed by atoms with Gasteiger partial charge in [0.1, 0.15) is 16.4 Å². The first-order chi connectivity index (χ1) is 10.5. The molecule has 2 heterocycles. The summed E-state index contributed by atoms with van der Waals surface area (Å²) in [6, 6.07) is 5.51. The molecule has 0 radical (unpaired) electrons. The number of rotatable bonds is 2. The number of thiophene rings is 1. The van der Waals surface area contributed by atoms with Crippen molar-refractivity contribution in [1.82, 2.24) is 0 Å². The number of halogens is 1. The summed E-state index contributed by atoms with van der Waals surface area (Å²) in [6.45, 7) is 0. The molecule has 22 heavy (non-hydrogen) atoms. The summed E-state index contributed by atoms with van der Waals surface area (Å²) in [4.78, 5) is 24.5. The molecule has 1 aliphatic heterocycles. The molecule has 1 aliphatic rings. The van der Waals surface area contributed by atoms with E-state index in [4.69, 9.17) is 9.47 Å². The van der Waals surface area contributed by atoms with Crippen molar-refractivity contribution < 1.29 is 28.2 Å². The van der Waals surface area contributed by atoms with Crippen molar-refractivity contribution in [2.75, 3.05) is 14.2 Å². The quantitative estimate of drug-likeness (QED) is 0.796. The average Bonchev–Trinajstić information content (AvgIpc) is 2.98. The summed E-state index contributed by atoms with van der Waals surface area (Å²) in [5, 5.41) is 0. The molecule has 1 unspecified atom stereocenters. The third-order valence-corrected chi connectivity index (χ3v) is 4.44. The Balaban J connectivity index is 2.19. The normalized spacial score (nSPS) is 15.3. The van der Waals surface area contributed by atoms with Crippen LogP contribution >= 0.6 is 11.3 Å². The molecule has 1 atom stereocenters. The Hall–Kier alpha value is -2.41. The van der Waals surface area contributed by atoms with E-state index in [1.165, 1.54) is 38.5 Å². The molecule has 0 N–H and O–H groups in total. The zero-order chi connectivity index (χ0) is 15.9. The molecule has 2 aromatic rings. The van der Waals surface area contributed by atoms with E-state index < -0.39 is 23.9 Å². The average molecular weight is 322 g/mol. The zero-order valence-electron chi connectivity index (χ0n) is 11.7. The molecule has 1 aromatic heterocycles. The van der Waals surface area contributed by atoms with Gasteiger partial charge in [0, 0.05) is 16.0 Å². The second-order valence-corrected chi connectivity index (χ2v) is 5.60. The third-order valence-electron chi connectivity index (χ3n) is 3.28. The van der Waals surface area contributed by atoms with Crippen LogP contribution in [0.2, 0.25) is 0 Å². The highest BCUT2D eigenvalue weighted by Gasteiger charge is 2.35. The number of hydrogen-bond acceptors (Lipinski definition) is 6. The first-order valence-electron chi connectivity index (χ1n) is 6.31. The maximum absolute atomic E-state index is 13.5. The van der Waals surface area contributed by atoms with E-state index >= 15 is 0 Å². The number of hydrogen-bond donors (Lipinski definition) is 0. The Kier molecular flexibility index (Phi) is 3.58. The molecule has 0 saturated carbocycles. The van der Waals surface area contributed by atoms with Gasteiger partial charge in [-0.15, -0.1) is 11.3 Å². The van der Waals surface area contributed by atoms with Crippen LogP contribution in [-0.4, -0.2) is 26.2 Å². The van der Waals surface area contributed by atoms with Gasteiger partial charge in [-0.05, 0) is 24.3 Å². The largest absolute Gasteiger partial charge is 0.473 e. The van der Waals surface area contributed by atoms with Gasteiger partial charge in [0.05, 0.1) is 14.2 Å². The Morgan fingerprint density at radius 3 is 2.68 bits per heavy atom. The van der Waals surface area contributed by atoms with E-state index in [0.29, 0.717) is 26.6 Å². The Morgan fingerprint density at radius 1 is 1.23 bits per heavy atom. The molecular formula is C15H11FO5S. The van der Waals surface area contributed by atoms with E-state index in [2.05, 4.69) is 4.74 Å². The van der Waals surface area contributed by atoms with Crippen molar-refractivity contribution >= 4 is 23.3 Å². The van der Waals surface area contributed by atoms with Crippen LogP contribution in [0, 0.1) is 5.82 Å². The van der Waals surface area contributed by atoms with Crippen LogP contribution in [0.1, 0.15) is 21.3 Å². The monoisotopic (exact) mass is 322 g/mol. The molecule has 0 bridgehead atoms. The van der Waals surface area contributed by atoms with Gasteiger partial charge in [0.15, 0.2) is 0 Å². The summed E-state index contributed by atoms with van der Waals surface area (Å²) in [5.41, 5.74) is 0.964. The lowest BCUT2D eigenvalue weighted by atomic mass is 10.0. The molecule has 0 fully saturated rings. The van der Waals surface area contributed by atoms with Crippen molar-refractivity contribution in [2.45, 2.75) is 6.10 Å². The van der Waals surface area contributed by atoms with Gasteiger partial charge in [-0.1, -0.05) is 0 Å². The van der Waals surface area contributed by atoms with Gasteiger partial charge < -0.3 is 14.2 Å². The summed E-state index contributed by atoms with van der Waals surface area (Å²) in [6.07, 6.45) is -0.993. The number of fused-ring (bicyclic) bond motifs is 3. The fourth-order valence-electron chi connectivity index (χ4n) is 2.27. The van der Waals surface area contributed by atoms with E-state index in [0.717, 1.165) is 11.3 Å². The SMILES string of the molecule is COC(=O)c1cc2c(s1)-c1cc(F)ccc1OC2C(=O)OC. The Morgan fingerprint density at radius 2 is 2.00 bits per heavy atom. The minimum absolute atomic E-state index is 0.308. The van der Waals surface area contributed by atoms with Crippen molar-refractivity contribution in [3.8, 4) is 16.2 Å². The van der Waals surface area contributed by atoms with Gasteiger partial charge in [0.2, 0.25) is 6.10 Å². The molecule has 0 aliphatic carbocycles. The maximum Gasteiger partial charge on any atom is 0.351 e. The Bertz CT molecular complexity index is 767. The first kappa shape index (κ1) is 14.5. The highest BCUT2D eigenvalue weighted by atomic mass is 32.1. The molecule has 0 amide bonds. The fraction of sp³-hybridized carbons (Fsp3) is 0.200. The standard InChI is InChI=1S/C15H11FO5S/c1-19-14(17)11-6-9-12(15(18)20-2)21-10-4-3-7(16)5-8(10)13(9)22-11/h3-6,12H,1-2H3. The van der Waals surface area contributed by atoms with Crippen LogP contribution in [0.3, 0.4) is 0 Å². The highest BCUT2D eigenvalue weighted by Crippen LogP contribution is 2.47. The minimum Gasteiger partial charge on any atom is -0.473 e. The molecule has 114 valence electrons. The fourth-order valence-corrected chi connectivity index (χ4v) is 3.39. The molecule has 0 spiro atoms. The number of carbonyl (C=O) groups is 2.